The van der Waals surface area contributed by atoms with E-state index in [1.54, 1.807) is 6.92 Å². The Morgan fingerprint density at radius 1 is 1.33 bits per heavy atom. The first-order valence-corrected chi connectivity index (χ1v) is 8.86. The van der Waals surface area contributed by atoms with Crippen LogP contribution in [0.4, 0.5) is 0 Å². The molecule has 0 unspecified atom stereocenters. The van der Waals surface area contributed by atoms with Gasteiger partial charge in [-0.3, -0.25) is 9.59 Å². The molecular formula is C13H24N2O5S. The zero-order chi connectivity index (χ0) is 16.0. The summed E-state index contributed by atoms with van der Waals surface area (Å²) >= 11 is 0. The maximum absolute atomic E-state index is 12.4. The number of amides is 1. The number of carbonyl (C=O) groups excluding carboxylic acids is 1. The summed E-state index contributed by atoms with van der Waals surface area (Å²) in [6.07, 6.45) is 2.43. The summed E-state index contributed by atoms with van der Waals surface area (Å²) in [4.78, 5) is 24.3. The summed E-state index contributed by atoms with van der Waals surface area (Å²) < 4.78 is 25.8. The molecular weight excluding hydrogens is 296 g/mol. The van der Waals surface area contributed by atoms with Crippen LogP contribution in [0.5, 0.6) is 0 Å². The van der Waals surface area contributed by atoms with E-state index < -0.39 is 22.0 Å². The first-order chi connectivity index (χ1) is 9.79. The lowest BCUT2D eigenvalue weighted by Gasteiger charge is -2.35. The van der Waals surface area contributed by atoms with Crippen LogP contribution >= 0.6 is 0 Å². The zero-order valence-electron chi connectivity index (χ0n) is 12.6. The molecule has 0 aromatic rings. The molecule has 1 atom stereocenters. The van der Waals surface area contributed by atoms with Gasteiger partial charge in [0.2, 0.25) is 15.9 Å². The van der Waals surface area contributed by atoms with Crippen molar-refractivity contribution in [1.82, 2.24) is 9.21 Å². The van der Waals surface area contributed by atoms with Crippen molar-refractivity contribution in [2.75, 3.05) is 25.9 Å². The fourth-order valence-electron chi connectivity index (χ4n) is 2.49. The number of likely N-dealkylation sites (N-methyl/N-ethyl adjacent to an activating group) is 1. The maximum Gasteiger partial charge on any atom is 0.305 e. The van der Waals surface area contributed by atoms with Gasteiger partial charge >= 0.3 is 5.97 Å². The molecule has 1 heterocycles. The molecule has 0 aromatic carbocycles. The van der Waals surface area contributed by atoms with Crippen molar-refractivity contribution >= 4 is 21.9 Å². The second-order valence-corrected chi connectivity index (χ2v) is 7.38. The third kappa shape index (κ3) is 4.96. The number of rotatable bonds is 7. The predicted octanol–water partition coefficient (Wildman–Crippen LogP) is 0.514. The summed E-state index contributed by atoms with van der Waals surface area (Å²) in [5.74, 6) is -1.25. The third-order valence-electron chi connectivity index (χ3n) is 3.60. The standard InChI is InChI=1S/C13H24N2O5S/c1-3-10-21(19,20)15-8-5-4-6-11(15)13(18)14(2)9-7-12(16)17/h11H,3-10H2,1-2H3,(H,16,17)/t11-/m1/s1. The fourth-order valence-corrected chi connectivity index (χ4v) is 4.23. The van der Waals surface area contributed by atoms with Gasteiger partial charge in [-0.05, 0) is 19.3 Å². The van der Waals surface area contributed by atoms with Gasteiger partial charge in [-0.15, -0.1) is 0 Å². The van der Waals surface area contributed by atoms with Gasteiger partial charge in [0.15, 0.2) is 0 Å². The molecule has 1 saturated heterocycles. The molecule has 7 nitrogen and oxygen atoms in total. The molecule has 1 amide bonds. The Labute approximate surface area is 126 Å². The number of nitrogens with zero attached hydrogens (tertiary/aromatic N) is 2. The molecule has 1 fully saturated rings. The molecule has 1 aliphatic heterocycles. The summed E-state index contributed by atoms with van der Waals surface area (Å²) in [7, 11) is -1.90. The normalized spacial score (nSPS) is 20.2. The fraction of sp³-hybridized carbons (Fsp3) is 0.846. The topological polar surface area (TPSA) is 95.0 Å². The summed E-state index contributed by atoms with van der Waals surface area (Å²) in [6, 6.07) is -0.686. The van der Waals surface area contributed by atoms with Gasteiger partial charge in [-0.25, -0.2) is 8.42 Å². The van der Waals surface area contributed by atoms with Gasteiger partial charge in [0.05, 0.1) is 12.2 Å². The van der Waals surface area contributed by atoms with Crippen LogP contribution in [0.25, 0.3) is 0 Å². The number of aliphatic carboxylic acids is 1. The molecule has 0 bridgehead atoms. The lowest BCUT2D eigenvalue weighted by Crippen LogP contribution is -2.52. The molecule has 8 heteroatoms. The van der Waals surface area contributed by atoms with Crippen LogP contribution in [0, 0.1) is 0 Å². The number of carboxylic acids is 1. The monoisotopic (exact) mass is 320 g/mol. The Bertz CT molecular complexity index is 477. The van der Waals surface area contributed by atoms with E-state index in [-0.39, 0.29) is 24.6 Å². The molecule has 1 rings (SSSR count). The molecule has 0 aliphatic carbocycles. The Morgan fingerprint density at radius 2 is 2.00 bits per heavy atom. The minimum Gasteiger partial charge on any atom is -0.481 e. The van der Waals surface area contributed by atoms with E-state index in [9.17, 15) is 18.0 Å². The number of sulfonamides is 1. The highest BCUT2D eigenvalue weighted by atomic mass is 32.2. The number of piperidine rings is 1. The van der Waals surface area contributed by atoms with E-state index in [0.29, 0.717) is 19.4 Å². The van der Waals surface area contributed by atoms with Crippen LogP contribution in [-0.2, 0) is 19.6 Å². The molecule has 0 spiro atoms. The van der Waals surface area contributed by atoms with Crippen molar-refractivity contribution in [1.29, 1.82) is 0 Å². The van der Waals surface area contributed by atoms with Gasteiger partial charge in [0, 0.05) is 20.1 Å². The summed E-state index contributed by atoms with van der Waals surface area (Å²) in [5, 5.41) is 8.66. The van der Waals surface area contributed by atoms with Crippen molar-refractivity contribution in [3.63, 3.8) is 0 Å². The Kier molecular flexibility index (Phi) is 6.60. The van der Waals surface area contributed by atoms with Gasteiger partial charge in [-0.2, -0.15) is 4.31 Å². The number of carbonyl (C=O) groups is 2. The van der Waals surface area contributed by atoms with Gasteiger partial charge < -0.3 is 10.0 Å². The molecule has 1 N–H and O–H groups in total. The molecule has 21 heavy (non-hydrogen) atoms. The summed E-state index contributed by atoms with van der Waals surface area (Å²) in [5.41, 5.74) is 0. The van der Waals surface area contributed by atoms with Crippen LogP contribution in [-0.4, -0.2) is 66.5 Å². The second-order valence-electron chi connectivity index (χ2n) is 5.34. The van der Waals surface area contributed by atoms with E-state index in [1.807, 2.05) is 0 Å². The van der Waals surface area contributed by atoms with Crippen LogP contribution < -0.4 is 0 Å². The van der Waals surface area contributed by atoms with E-state index in [2.05, 4.69) is 0 Å². The van der Waals surface area contributed by atoms with E-state index in [1.165, 1.54) is 16.3 Å². The van der Waals surface area contributed by atoms with Crippen LogP contribution in [0.3, 0.4) is 0 Å². The Morgan fingerprint density at radius 3 is 2.57 bits per heavy atom. The largest absolute Gasteiger partial charge is 0.481 e. The molecule has 0 aromatic heterocycles. The van der Waals surface area contributed by atoms with Crippen molar-refractivity contribution in [2.24, 2.45) is 0 Å². The lowest BCUT2D eigenvalue weighted by atomic mass is 10.0. The van der Waals surface area contributed by atoms with E-state index >= 15 is 0 Å². The zero-order valence-corrected chi connectivity index (χ0v) is 13.4. The number of hydrogen-bond donors (Lipinski definition) is 1. The first kappa shape index (κ1) is 17.9. The minimum absolute atomic E-state index is 0.0373. The third-order valence-corrected chi connectivity index (χ3v) is 5.67. The van der Waals surface area contributed by atoms with Crippen molar-refractivity contribution in [3.8, 4) is 0 Å². The van der Waals surface area contributed by atoms with E-state index in [0.717, 1.165) is 12.8 Å². The van der Waals surface area contributed by atoms with Gasteiger partial charge in [0.25, 0.3) is 0 Å². The SMILES string of the molecule is CCCS(=O)(=O)N1CCCC[C@@H]1C(=O)N(C)CCC(=O)O. The quantitative estimate of drug-likeness (QED) is 0.737. The number of hydrogen-bond acceptors (Lipinski definition) is 4. The van der Waals surface area contributed by atoms with Crippen LogP contribution in [0.1, 0.15) is 39.0 Å². The van der Waals surface area contributed by atoms with Crippen LogP contribution in [0.15, 0.2) is 0 Å². The summed E-state index contributed by atoms with van der Waals surface area (Å²) in [6.45, 7) is 2.25. The number of carboxylic acid groups (broad SMARTS) is 1. The highest BCUT2D eigenvalue weighted by molar-refractivity contribution is 7.89. The maximum atomic E-state index is 12.4. The molecule has 122 valence electrons. The predicted molar refractivity (Wildman–Crippen MR) is 78.3 cm³/mol. The Hall–Kier alpha value is -1.15. The Balaban J connectivity index is 2.81. The molecule has 1 aliphatic rings. The molecule has 0 radical (unpaired) electrons. The minimum atomic E-state index is -3.42. The highest BCUT2D eigenvalue weighted by Crippen LogP contribution is 2.22. The highest BCUT2D eigenvalue weighted by Gasteiger charge is 2.37. The van der Waals surface area contributed by atoms with Gasteiger partial charge in [-0.1, -0.05) is 13.3 Å². The first-order valence-electron chi connectivity index (χ1n) is 7.26. The van der Waals surface area contributed by atoms with Crippen molar-refractivity contribution < 1.29 is 23.1 Å². The molecule has 0 saturated carbocycles. The van der Waals surface area contributed by atoms with Crippen molar-refractivity contribution in [2.45, 2.75) is 45.1 Å². The van der Waals surface area contributed by atoms with Gasteiger partial charge in [0.1, 0.15) is 6.04 Å². The average molecular weight is 320 g/mol. The smallest absolute Gasteiger partial charge is 0.305 e. The van der Waals surface area contributed by atoms with Crippen molar-refractivity contribution in [3.05, 3.63) is 0 Å². The average Bonchev–Trinajstić information content (AvgIpc) is 2.43. The van der Waals surface area contributed by atoms with E-state index in [4.69, 9.17) is 5.11 Å². The second kappa shape index (κ2) is 7.74. The lowest BCUT2D eigenvalue weighted by molar-refractivity contribution is -0.139. The van der Waals surface area contributed by atoms with Crippen LogP contribution in [0.2, 0.25) is 0 Å².